The van der Waals surface area contributed by atoms with Crippen LogP contribution in [0, 0.1) is 5.92 Å². The van der Waals surface area contributed by atoms with Crippen LogP contribution in [0.2, 0.25) is 0 Å². The van der Waals surface area contributed by atoms with Crippen molar-refractivity contribution in [3.8, 4) is 11.4 Å². The number of nitrogens with two attached hydrogens (primary N) is 1. The van der Waals surface area contributed by atoms with Gasteiger partial charge in [0.25, 0.3) is 0 Å². The van der Waals surface area contributed by atoms with Crippen LogP contribution in [0.3, 0.4) is 0 Å². The highest BCUT2D eigenvalue weighted by Crippen LogP contribution is 2.34. The van der Waals surface area contributed by atoms with Crippen LogP contribution >= 0.6 is 0 Å². The van der Waals surface area contributed by atoms with E-state index in [4.69, 9.17) is 5.73 Å². The molecule has 1 aromatic heterocycles. The summed E-state index contributed by atoms with van der Waals surface area (Å²) in [5, 5.41) is 0. The van der Waals surface area contributed by atoms with Crippen molar-refractivity contribution in [1.29, 1.82) is 0 Å². The lowest BCUT2D eigenvalue weighted by molar-refractivity contribution is 0.313. The number of benzene rings is 1. The Morgan fingerprint density at radius 3 is 2.74 bits per heavy atom. The number of hydrogen-bond acceptors (Lipinski definition) is 3. The van der Waals surface area contributed by atoms with Crippen molar-refractivity contribution in [2.45, 2.75) is 12.5 Å². The number of aromatic amines is 1. The zero-order valence-corrected chi connectivity index (χ0v) is 11.2. The topological polar surface area (TPSA) is 57.9 Å². The molecule has 2 aromatic rings. The fourth-order valence-corrected chi connectivity index (χ4v) is 2.95. The molecule has 2 atom stereocenters. The average Bonchev–Trinajstić information content (AvgIpc) is 3.08. The van der Waals surface area contributed by atoms with Crippen LogP contribution in [0.1, 0.15) is 18.0 Å². The smallest absolute Gasteiger partial charge is 0.137 e. The van der Waals surface area contributed by atoms with E-state index in [0.717, 1.165) is 30.9 Å². The summed E-state index contributed by atoms with van der Waals surface area (Å²) in [5.41, 5.74) is 8.28. The molecule has 3 rings (SSSR count). The Morgan fingerprint density at radius 1 is 1.37 bits per heavy atom. The summed E-state index contributed by atoms with van der Waals surface area (Å²) >= 11 is 0. The number of aromatic nitrogens is 2. The number of imidazole rings is 1. The van der Waals surface area contributed by atoms with Crippen LogP contribution < -0.4 is 5.73 Å². The fourth-order valence-electron chi connectivity index (χ4n) is 2.95. The van der Waals surface area contributed by atoms with Crippen molar-refractivity contribution < 1.29 is 0 Å². The van der Waals surface area contributed by atoms with E-state index < -0.39 is 0 Å². The van der Waals surface area contributed by atoms with Gasteiger partial charge in [-0.25, -0.2) is 4.98 Å². The SMILES string of the molecule is CN1CC(CN)CC1c1ccc(-c2ncc[nH]2)cc1. The van der Waals surface area contributed by atoms with Gasteiger partial charge in [-0.15, -0.1) is 0 Å². The minimum Gasteiger partial charge on any atom is -0.345 e. The summed E-state index contributed by atoms with van der Waals surface area (Å²) in [6.07, 6.45) is 4.78. The van der Waals surface area contributed by atoms with Gasteiger partial charge in [-0.1, -0.05) is 24.3 Å². The number of H-pyrrole nitrogens is 1. The van der Waals surface area contributed by atoms with Crippen molar-refractivity contribution in [3.05, 3.63) is 42.2 Å². The first-order chi connectivity index (χ1) is 9.28. The maximum absolute atomic E-state index is 5.79. The van der Waals surface area contributed by atoms with Gasteiger partial charge in [-0.3, -0.25) is 4.90 Å². The highest BCUT2D eigenvalue weighted by molar-refractivity contribution is 5.55. The van der Waals surface area contributed by atoms with Crippen LogP contribution in [-0.4, -0.2) is 35.0 Å². The molecule has 1 saturated heterocycles. The monoisotopic (exact) mass is 256 g/mol. The number of nitrogens with one attached hydrogen (secondary N) is 1. The van der Waals surface area contributed by atoms with Gasteiger partial charge < -0.3 is 10.7 Å². The van der Waals surface area contributed by atoms with Crippen molar-refractivity contribution in [1.82, 2.24) is 14.9 Å². The molecule has 2 unspecified atom stereocenters. The third-order valence-electron chi connectivity index (χ3n) is 4.04. The lowest BCUT2D eigenvalue weighted by atomic mass is 9.99. The largest absolute Gasteiger partial charge is 0.345 e. The van der Waals surface area contributed by atoms with E-state index in [1.807, 2.05) is 6.20 Å². The molecular formula is C15H20N4. The molecule has 0 radical (unpaired) electrons. The molecule has 3 N–H and O–H groups in total. The third-order valence-corrected chi connectivity index (χ3v) is 4.04. The summed E-state index contributed by atoms with van der Waals surface area (Å²) < 4.78 is 0. The Bertz CT molecular complexity index is 518. The van der Waals surface area contributed by atoms with Crippen molar-refractivity contribution in [2.24, 2.45) is 11.7 Å². The summed E-state index contributed by atoms with van der Waals surface area (Å²) in [7, 11) is 2.18. The zero-order valence-electron chi connectivity index (χ0n) is 11.2. The molecule has 2 heterocycles. The highest BCUT2D eigenvalue weighted by atomic mass is 15.2. The number of nitrogens with zero attached hydrogens (tertiary/aromatic N) is 2. The predicted octanol–water partition coefficient (Wildman–Crippen LogP) is 2.03. The molecule has 4 nitrogen and oxygen atoms in total. The van der Waals surface area contributed by atoms with E-state index in [-0.39, 0.29) is 0 Å². The van der Waals surface area contributed by atoms with E-state index in [0.29, 0.717) is 12.0 Å². The lowest BCUT2D eigenvalue weighted by Gasteiger charge is -2.19. The molecule has 100 valence electrons. The van der Waals surface area contributed by atoms with Crippen LogP contribution in [-0.2, 0) is 0 Å². The zero-order chi connectivity index (χ0) is 13.2. The minimum absolute atomic E-state index is 0.499. The van der Waals surface area contributed by atoms with Gasteiger partial charge in [0.05, 0.1) is 0 Å². The molecule has 0 bridgehead atoms. The summed E-state index contributed by atoms with van der Waals surface area (Å²) in [5.74, 6) is 1.55. The maximum Gasteiger partial charge on any atom is 0.137 e. The second-order valence-electron chi connectivity index (χ2n) is 5.35. The summed E-state index contributed by atoms with van der Waals surface area (Å²) in [6, 6.07) is 9.19. The van der Waals surface area contributed by atoms with Crippen molar-refractivity contribution >= 4 is 0 Å². The first kappa shape index (κ1) is 12.4. The van der Waals surface area contributed by atoms with Crippen molar-refractivity contribution in [2.75, 3.05) is 20.1 Å². The standard InChI is InChI=1S/C15H20N4/c1-19-10-11(9-16)8-14(19)12-2-4-13(5-3-12)15-17-6-7-18-15/h2-7,11,14H,8-10,16H2,1H3,(H,17,18). The Kier molecular flexibility index (Phi) is 3.36. The van der Waals surface area contributed by atoms with E-state index in [9.17, 15) is 0 Å². The Balaban J connectivity index is 1.79. The molecule has 0 aliphatic carbocycles. The molecule has 1 aliphatic heterocycles. The first-order valence-electron chi connectivity index (χ1n) is 6.78. The quantitative estimate of drug-likeness (QED) is 0.883. The van der Waals surface area contributed by atoms with Gasteiger partial charge >= 0.3 is 0 Å². The Hall–Kier alpha value is -1.65. The van der Waals surface area contributed by atoms with E-state index in [1.54, 1.807) is 6.20 Å². The van der Waals surface area contributed by atoms with Gasteiger partial charge in [-0.05, 0) is 31.5 Å². The van der Waals surface area contributed by atoms with Gasteiger partial charge in [0, 0.05) is 30.5 Å². The average molecular weight is 256 g/mol. The van der Waals surface area contributed by atoms with Crippen molar-refractivity contribution in [3.63, 3.8) is 0 Å². The minimum atomic E-state index is 0.499. The second kappa shape index (κ2) is 5.15. The highest BCUT2D eigenvalue weighted by Gasteiger charge is 2.29. The summed E-state index contributed by atoms with van der Waals surface area (Å²) in [6.45, 7) is 1.88. The number of hydrogen-bond donors (Lipinski definition) is 2. The van der Waals surface area contributed by atoms with E-state index in [1.165, 1.54) is 5.56 Å². The third kappa shape index (κ3) is 2.41. The van der Waals surface area contributed by atoms with E-state index >= 15 is 0 Å². The molecule has 0 spiro atoms. The second-order valence-corrected chi connectivity index (χ2v) is 5.35. The lowest BCUT2D eigenvalue weighted by Crippen LogP contribution is -2.20. The van der Waals surface area contributed by atoms with Gasteiger partial charge in [0.2, 0.25) is 0 Å². The number of rotatable bonds is 3. The van der Waals surface area contributed by atoms with Gasteiger partial charge in [-0.2, -0.15) is 0 Å². The molecule has 1 fully saturated rings. The normalized spacial score (nSPS) is 23.9. The van der Waals surface area contributed by atoms with Crippen LogP contribution in [0.5, 0.6) is 0 Å². The van der Waals surface area contributed by atoms with Crippen LogP contribution in [0.4, 0.5) is 0 Å². The van der Waals surface area contributed by atoms with Gasteiger partial charge in [0.15, 0.2) is 0 Å². The molecule has 0 saturated carbocycles. The molecule has 4 heteroatoms. The van der Waals surface area contributed by atoms with Crippen LogP contribution in [0.15, 0.2) is 36.7 Å². The fraction of sp³-hybridized carbons (Fsp3) is 0.400. The Labute approximate surface area is 113 Å². The molecular weight excluding hydrogens is 236 g/mol. The predicted molar refractivity (Wildman–Crippen MR) is 76.6 cm³/mol. The van der Waals surface area contributed by atoms with E-state index in [2.05, 4.69) is 46.2 Å². The van der Waals surface area contributed by atoms with Gasteiger partial charge in [0.1, 0.15) is 5.82 Å². The first-order valence-corrected chi connectivity index (χ1v) is 6.78. The molecule has 1 aliphatic rings. The maximum atomic E-state index is 5.79. The molecule has 19 heavy (non-hydrogen) atoms. The molecule has 1 aromatic carbocycles. The Morgan fingerprint density at radius 2 is 2.16 bits per heavy atom. The van der Waals surface area contributed by atoms with Crippen LogP contribution in [0.25, 0.3) is 11.4 Å². The number of likely N-dealkylation sites (tertiary alicyclic amines) is 1. The summed E-state index contributed by atoms with van der Waals surface area (Å²) in [4.78, 5) is 9.80. The molecule has 0 amide bonds.